The lowest BCUT2D eigenvalue weighted by Crippen LogP contribution is -2.04. The molecule has 0 atom stereocenters. The summed E-state index contributed by atoms with van der Waals surface area (Å²) < 4.78 is 37.8. The molecule has 0 aliphatic carbocycles. The Morgan fingerprint density at radius 1 is 1.05 bits per heavy atom. The third-order valence-electron chi connectivity index (χ3n) is 2.85. The molecule has 0 amide bonds. The molecule has 0 unspecified atom stereocenters. The van der Waals surface area contributed by atoms with E-state index < -0.39 is 11.6 Å². The minimum atomic E-state index is -0.646. The van der Waals surface area contributed by atoms with Crippen LogP contribution >= 0.6 is 11.6 Å². The lowest BCUT2D eigenvalue weighted by molar-refractivity contribution is 0.272. The number of para-hydroxylation sites is 1. The Bertz CT molecular complexity index is 560. The van der Waals surface area contributed by atoms with Gasteiger partial charge in [-0.25, -0.2) is 8.78 Å². The molecular formula is C15H13ClF2O2. The SMILES string of the molecule is COc1cccc(CCl)c1OCc1c(F)cccc1F. The highest BCUT2D eigenvalue weighted by Crippen LogP contribution is 2.33. The fourth-order valence-corrected chi connectivity index (χ4v) is 2.02. The quantitative estimate of drug-likeness (QED) is 0.767. The summed E-state index contributed by atoms with van der Waals surface area (Å²) in [6.07, 6.45) is 0. The van der Waals surface area contributed by atoms with E-state index in [0.717, 1.165) is 0 Å². The molecule has 2 rings (SSSR count). The van der Waals surface area contributed by atoms with Crippen molar-refractivity contribution in [1.82, 2.24) is 0 Å². The summed E-state index contributed by atoms with van der Waals surface area (Å²) in [7, 11) is 1.49. The van der Waals surface area contributed by atoms with Gasteiger partial charge in [-0.05, 0) is 18.2 Å². The first-order valence-corrected chi connectivity index (χ1v) is 6.48. The van der Waals surface area contributed by atoms with Crippen LogP contribution in [0.3, 0.4) is 0 Å². The molecule has 0 aliphatic heterocycles. The van der Waals surface area contributed by atoms with Crippen LogP contribution in [0.1, 0.15) is 11.1 Å². The third kappa shape index (κ3) is 3.02. The Balaban J connectivity index is 2.27. The zero-order valence-electron chi connectivity index (χ0n) is 10.8. The maximum Gasteiger partial charge on any atom is 0.166 e. The Morgan fingerprint density at radius 2 is 1.70 bits per heavy atom. The van der Waals surface area contributed by atoms with Gasteiger partial charge in [0.15, 0.2) is 11.5 Å². The van der Waals surface area contributed by atoms with Gasteiger partial charge in [-0.15, -0.1) is 11.6 Å². The number of methoxy groups -OCH3 is 1. The van der Waals surface area contributed by atoms with Crippen LogP contribution in [0.2, 0.25) is 0 Å². The second-order valence-corrected chi connectivity index (χ2v) is 4.34. The monoisotopic (exact) mass is 298 g/mol. The molecule has 2 aromatic rings. The van der Waals surface area contributed by atoms with E-state index in [1.54, 1.807) is 18.2 Å². The van der Waals surface area contributed by atoms with E-state index in [9.17, 15) is 8.78 Å². The van der Waals surface area contributed by atoms with E-state index in [2.05, 4.69) is 0 Å². The summed E-state index contributed by atoms with van der Waals surface area (Å²) in [6.45, 7) is -0.233. The molecule has 2 aromatic carbocycles. The fourth-order valence-electron chi connectivity index (χ4n) is 1.81. The molecule has 0 heterocycles. The number of halogens is 3. The van der Waals surface area contributed by atoms with E-state index in [-0.39, 0.29) is 18.1 Å². The third-order valence-corrected chi connectivity index (χ3v) is 3.13. The van der Waals surface area contributed by atoms with Gasteiger partial charge in [0.05, 0.1) is 18.6 Å². The highest BCUT2D eigenvalue weighted by Gasteiger charge is 2.13. The second-order valence-electron chi connectivity index (χ2n) is 4.07. The first-order chi connectivity index (χ1) is 9.67. The Hall–Kier alpha value is -1.81. The molecule has 0 bridgehead atoms. The number of benzene rings is 2. The molecule has 2 nitrogen and oxygen atoms in total. The first-order valence-electron chi connectivity index (χ1n) is 5.95. The number of alkyl halides is 1. The van der Waals surface area contributed by atoms with Crippen LogP contribution in [-0.2, 0) is 12.5 Å². The molecule has 0 aromatic heterocycles. The molecule has 0 radical (unpaired) electrons. The zero-order chi connectivity index (χ0) is 14.5. The van der Waals surface area contributed by atoms with Crippen LogP contribution in [0, 0.1) is 11.6 Å². The van der Waals surface area contributed by atoms with E-state index in [1.807, 2.05) is 0 Å². The van der Waals surface area contributed by atoms with Gasteiger partial charge < -0.3 is 9.47 Å². The molecule has 0 N–H and O–H groups in total. The van der Waals surface area contributed by atoms with Crippen LogP contribution in [0.25, 0.3) is 0 Å². The summed E-state index contributed by atoms with van der Waals surface area (Å²) in [5.41, 5.74) is 0.571. The Labute approximate surface area is 120 Å². The van der Waals surface area contributed by atoms with Crippen LogP contribution in [-0.4, -0.2) is 7.11 Å². The summed E-state index contributed by atoms with van der Waals surface area (Å²) in [4.78, 5) is 0. The molecule has 0 saturated carbocycles. The lowest BCUT2D eigenvalue weighted by Gasteiger charge is -2.14. The normalized spacial score (nSPS) is 10.4. The molecule has 106 valence electrons. The van der Waals surface area contributed by atoms with Crippen molar-refractivity contribution in [1.29, 1.82) is 0 Å². The van der Waals surface area contributed by atoms with Gasteiger partial charge in [0.1, 0.15) is 18.2 Å². The van der Waals surface area contributed by atoms with E-state index >= 15 is 0 Å². The smallest absolute Gasteiger partial charge is 0.166 e. The molecule has 0 fully saturated rings. The summed E-state index contributed by atoms with van der Waals surface area (Å²) in [5.74, 6) is -0.209. The van der Waals surface area contributed by atoms with Crippen LogP contribution in [0.5, 0.6) is 11.5 Å². The van der Waals surface area contributed by atoms with Gasteiger partial charge >= 0.3 is 0 Å². The van der Waals surface area contributed by atoms with Gasteiger partial charge in [0.2, 0.25) is 0 Å². The average molecular weight is 299 g/mol. The zero-order valence-corrected chi connectivity index (χ0v) is 11.6. The Kier molecular flexibility index (Phi) is 4.79. The summed E-state index contributed by atoms with van der Waals surface area (Å²) >= 11 is 5.82. The number of hydrogen-bond acceptors (Lipinski definition) is 2. The average Bonchev–Trinajstić information content (AvgIpc) is 2.46. The maximum absolute atomic E-state index is 13.5. The topological polar surface area (TPSA) is 18.5 Å². The van der Waals surface area contributed by atoms with E-state index in [4.69, 9.17) is 21.1 Å². The summed E-state index contributed by atoms with van der Waals surface area (Å²) in [5, 5.41) is 0. The number of ether oxygens (including phenoxy) is 2. The molecule has 5 heteroatoms. The van der Waals surface area contributed by atoms with Crippen LogP contribution < -0.4 is 9.47 Å². The van der Waals surface area contributed by atoms with Crippen molar-refractivity contribution in [3.8, 4) is 11.5 Å². The molecule has 0 spiro atoms. The molecule has 0 aliphatic rings. The first kappa shape index (κ1) is 14.6. The van der Waals surface area contributed by atoms with Crippen molar-refractivity contribution >= 4 is 11.6 Å². The van der Waals surface area contributed by atoms with Crippen molar-refractivity contribution in [3.05, 3.63) is 59.2 Å². The highest BCUT2D eigenvalue weighted by molar-refractivity contribution is 6.17. The predicted octanol–water partition coefficient (Wildman–Crippen LogP) is 4.29. The van der Waals surface area contributed by atoms with E-state index in [1.165, 1.54) is 25.3 Å². The molecular weight excluding hydrogens is 286 g/mol. The van der Waals surface area contributed by atoms with Crippen LogP contribution in [0.15, 0.2) is 36.4 Å². The van der Waals surface area contributed by atoms with Crippen molar-refractivity contribution in [2.24, 2.45) is 0 Å². The molecule has 20 heavy (non-hydrogen) atoms. The van der Waals surface area contributed by atoms with Gasteiger partial charge in [-0.2, -0.15) is 0 Å². The van der Waals surface area contributed by atoms with Crippen LogP contribution in [0.4, 0.5) is 8.78 Å². The van der Waals surface area contributed by atoms with Gasteiger partial charge in [-0.1, -0.05) is 18.2 Å². The lowest BCUT2D eigenvalue weighted by atomic mass is 10.2. The van der Waals surface area contributed by atoms with Crippen molar-refractivity contribution < 1.29 is 18.3 Å². The molecule has 0 saturated heterocycles. The van der Waals surface area contributed by atoms with Gasteiger partial charge in [0, 0.05) is 5.56 Å². The van der Waals surface area contributed by atoms with Crippen molar-refractivity contribution in [3.63, 3.8) is 0 Å². The van der Waals surface area contributed by atoms with Gasteiger partial charge in [0.25, 0.3) is 0 Å². The second kappa shape index (κ2) is 6.57. The predicted molar refractivity (Wildman–Crippen MR) is 73.2 cm³/mol. The minimum Gasteiger partial charge on any atom is -0.493 e. The minimum absolute atomic E-state index is 0.126. The highest BCUT2D eigenvalue weighted by atomic mass is 35.5. The fraction of sp³-hybridized carbons (Fsp3) is 0.200. The summed E-state index contributed by atoms with van der Waals surface area (Å²) in [6, 6.07) is 8.92. The standard InChI is InChI=1S/C15H13ClF2O2/c1-19-14-7-2-4-10(8-16)15(14)20-9-11-12(17)5-3-6-13(11)18/h2-7H,8-9H2,1H3. The largest absolute Gasteiger partial charge is 0.493 e. The van der Waals surface area contributed by atoms with Gasteiger partial charge in [-0.3, -0.25) is 0 Å². The number of hydrogen-bond donors (Lipinski definition) is 0. The van der Waals surface area contributed by atoms with E-state index in [0.29, 0.717) is 17.1 Å². The Morgan fingerprint density at radius 3 is 2.30 bits per heavy atom. The maximum atomic E-state index is 13.5. The number of rotatable bonds is 5. The van der Waals surface area contributed by atoms with Crippen molar-refractivity contribution in [2.75, 3.05) is 7.11 Å². The van der Waals surface area contributed by atoms with Crippen molar-refractivity contribution in [2.45, 2.75) is 12.5 Å².